The first kappa shape index (κ1) is 26.9. The van der Waals surface area contributed by atoms with Gasteiger partial charge >= 0.3 is 0 Å². The number of benzene rings is 1. The Morgan fingerprint density at radius 3 is 2.69 bits per heavy atom. The van der Waals surface area contributed by atoms with Gasteiger partial charge in [0.1, 0.15) is 18.4 Å². The topological polar surface area (TPSA) is 144 Å². The molecule has 0 spiro atoms. The molecule has 13 nitrogen and oxygen atoms in total. The monoisotopic (exact) mass is 567 g/mol. The predicted molar refractivity (Wildman–Crippen MR) is 151 cm³/mol. The minimum atomic E-state index is -0.666. The molecule has 1 aliphatic rings. The van der Waals surface area contributed by atoms with Crippen molar-refractivity contribution >= 4 is 28.5 Å². The lowest BCUT2D eigenvalue weighted by atomic mass is 10.1. The molecule has 1 fully saturated rings. The van der Waals surface area contributed by atoms with Crippen LogP contribution in [-0.2, 0) is 17.8 Å². The van der Waals surface area contributed by atoms with E-state index in [4.69, 9.17) is 4.74 Å². The molecule has 42 heavy (non-hydrogen) atoms. The summed E-state index contributed by atoms with van der Waals surface area (Å²) in [7, 11) is 1.49. The van der Waals surface area contributed by atoms with E-state index in [-0.39, 0.29) is 30.6 Å². The Bertz CT molecular complexity index is 1740. The summed E-state index contributed by atoms with van der Waals surface area (Å²) in [4.78, 5) is 54.8. The van der Waals surface area contributed by atoms with Crippen LogP contribution in [0, 0.1) is 0 Å². The number of methoxy groups -OCH3 is 1. The molecular formula is C29H29N9O4. The van der Waals surface area contributed by atoms with Gasteiger partial charge in [-0.05, 0) is 25.1 Å². The number of hydrogen-bond donors (Lipinski definition) is 1. The highest BCUT2D eigenvalue weighted by Gasteiger charge is 2.34. The zero-order chi connectivity index (χ0) is 29.2. The van der Waals surface area contributed by atoms with Gasteiger partial charge in [-0.1, -0.05) is 18.2 Å². The van der Waals surface area contributed by atoms with Crippen molar-refractivity contribution in [2.75, 3.05) is 26.7 Å². The number of piperazine rings is 1. The van der Waals surface area contributed by atoms with Crippen LogP contribution in [0.25, 0.3) is 16.7 Å². The van der Waals surface area contributed by atoms with Crippen LogP contribution >= 0.6 is 0 Å². The van der Waals surface area contributed by atoms with Crippen molar-refractivity contribution in [2.45, 2.75) is 25.9 Å². The standard InChI is InChI=1S/C29H29N9O4/c1-19-16-35(12-13-37(19)28(40)20-6-4-3-5-7-20)29(41)26(39)22-14-31-25-24(22)23(42-2)15-32-27(25)38-11-9-21(34-38)8-10-36-18-30-17-33-36/h3-7,9,11,14-15,17-19,31H,8,10,12-13,16H2,1-2H3. The molecule has 1 aliphatic heterocycles. The van der Waals surface area contributed by atoms with E-state index >= 15 is 0 Å². The Hall–Kier alpha value is -5.33. The zero-order valence-corrected chi connectivity index (χ0v) is 23.2. The van der Waals surface area contributed by atoms with Crippen molar-refractivity contribution in [3.05, 3.63) is 84.5 Å². The maximum absolute atomic E-state index is 13.6. The lowest BCUT2D eigenvalue weighted by molar-refractivity contribution is -0.128. The van der Waals surface area contributed by atoms with Crippen LogP contribution in [0.2, 0.25) is 0 Å². The Morgan fingerprint density at radius 2 is 1.95 bits per heavy atom. The number of aromatic amines is 1. The van der Waals surface area contributed by atoms with Crippen LogP contribution in [-0.4, -0.2) is 94.7 Å². The van der Waals surface area contributed by atoms with Crippen LogP contribution in [0.15, 0.2) is 67.6 Å². The Labute approximate surface area is 240 Å². The van der Waals surface area contributed by atoms with E-state index in [9.17, 15) is 14.4 Å². The molecule has 0 bridgehead atoms. The number of H-pyrrole nitrogens is 1. The average molecular weight is 568 g/mol. The fraction of sp³-hybridized carbons (Fsp3) is 0.276. The minimum absolute atomic E-state index is 0.0944. The van der Waals surface area contributed by atoms with Gasteiger partial charge in [0, 0.05) is 56.6 Å². The molecule has 5 heterocycles. The quantitative estimate of drug-likeness (QED) is 0.222. The summed E-state index contributed by atoms with van der Waals surface area (Å²) in [6, 6.07) is 10.7. The van der Waals surface area contributed by atoms with E-state index < -0.39 is 11.7 Å². The number of aromatic nitrogens is 7. The van der Waals surface area contributed by atoms with Crippen LogP contribution in [0.5, 0.6) is 5.75 Å². The molecule has 214 valence electrons. The summed E-state index contributed by atoms with van der Waals surface area (Å²) >= 11 is 0. The molecule has 1 atom stereocenters. The van der Waals surface area contributed by atoms with Crippen molar-refractivity contribution in [2.24, 2.45) is 0 Å². The van der Waals surface area contributed by atoms with Crippen LogP contribution in [0.1, 0.15) is 33.3 Å². The first-order valence-electron chi connectivity index (χ1n) is 13.6. The molecule has 1 N–H and O–H groups in total. The van der Waals surface area contributed by atoms with Gasteiger partial charge in [-0.3, -0.25) is 19.1 Å². The molecule has 4 aromatic heterocycles. The number of aryl methyl sites for hydroxylation is 2. The van der Waals surface area contributed by atoms with Crippen LogP contribution in [0.4, 0.5) is 0 Å². The fourth-order valence-corrected chi connectivity index (χ4v) is 5.25. The van der Waals surface area contributed by atoms with E-state index in [1.807, 2.05) is 31.2 Å². The lowest BCUT2D eigenvalue weighted by Gasteiger charge is -2.39. The van der Waals surface area contributed by atoms with E-state index in [2.05, 4.69) is 25.1 Å². The van der Waals surface area contributed by atoms with Crippen molar-refractivity contribution in [3.63, 3.8) is 0 Å². The highest BCUT2D eigenvalue weighted by atomic mass is 16.5. The number of Topliss-reactive ketones (excluding diaryl/α,β-unsaturated/α-hetero) is 1. The van der Waals surface area contributed by atoms with Crippen molar-refractivity contribution in [3.8, 4) is 11.6 Å². The van der Waals surface area contributed by atoms with E-state index in [0.717, 1.165) is 5.69 Å². The number of nitrogens with zero attached hydrogens (tertiary/aromatic N) is 8. The van der Waals surface area contributed by atoms with Gasteiger partial charge in [0.15, 0.2) is 5.82 Å². The Balaban J connectivity index is 1.21. The number of ether oxygens (including phenoxy) is 1. The van der Waals surface area contributed by atoms with Gasteiger partial charge < -0.3 is 19.5 Å². The van der Waals surface area contributed by atoms with Crippen LogP contribution < -0.4 is 4.74 Å². The van der Waals surface area contributed by atoms with Gasteiger partial charge in [-0.15, -0.1) is 0 Å². The first-order valence-corrected chi connectivity index (χ1v) is 13.6. The second-order valence-corrected chi connectivity index (χ2v) is 10.1. The molecule has 0 aliphatic carbocycles. The summed E-state index contributed by atoms with van der Waals surface area (Å²) < 4.78 is 8.88. The number of rotatable bonds is 8. The molecule has 1 saturated heterocycles. The highest BCUT2D eigenvalue weighted by Crippen LogP contribution is 2.32. The lowest BCUT2D eigenvalue weighted by Crippen LogP contribution is -2.56. The number of pyridine rings is 1. The van der Waals surface area contributed by atoms with E-state index in [1.54, 1.807) is 38.9 Å². The summed E-state index contributed by atoms with van der Waals surface area (Å²) in [5.41, 5.74) is 2.12. The number of amides is 2. The number of hydrogen-bond acceptors (Lipinski definition) is 8. The summed E-state index contributed by atoms with van der Waals surface area (Å²) in [6.45, 7) is 3.34. The second kappa shape index (κ2) is 11.3. The second-order valence-electron chi connectivity index (χ2n) is 10.1. The molecule has 0 radical (unpaired) electrons. The molecule has 5 aromatic rings. The summed E-state index contributed by atoms with van der Waals surface area (Å²) in [5.74, 6) is -0.574. The van der Waals surface area contributed by atoms with Crippen molar-refractivity contribution in [1.82, 2.24) is 44.3 Å². The number of carbonyl (C=O) groups is 3. The molecule has 0 saturated carbocycles. The van der Waals surface area contributed by atoms with Crippen molar-refractivity contribution in [1.29, 1.82) is 0 Å². The normalized spacial score (nSPS) is 15.2. The summed E-state index contributed by atoms with van der Waals surface area (Å²) in [5, 5.41) is 9.20. The van der Waals surface area contributed by atoms with Gasteiger partial charge in [0.05, 0.1) is 35.5 Å². The predicted octanol–water partition coefficient (Wildman–Crippen LogP) is 2.15. The number of carbonyl (C=O) groups excluding carboxylic acids is 3. The molecule has 6 rings (SSSR count). The number of ketones is 1. The summed E-state index contributed by atoms with van der Waals surface area (Å²) in [6.07, 6.45) is 8.58. The number of nitrogens with one attached hydrogen (secondary N) is 1. The van der Waals surface area contributed by atoms with Crippen molar-refractivity contribution < 1.29 is 19.1 Å². The smallest absolute Gasteiger partial charge is 0.295 e. The molecule has 1 aromatic carbocycles. The van der Waals surface area contributed by atoms with Crippen LogP contribution in [0.3, 0.4) is 0 Å². The maximum atomic E-state index is 13.6. The largest absolute Gasteiger partial charge is 0.494 e. The highest BCUT2D eigenvalue weighted by molar-refractivity contribution is 6.45. The third-order valence-electron chi connectivity index (χ3n) is 7.43. The van der Waals surface area contributed by atoms with E-state index in [0.29, 0.717) is 47.5 Å². The SMILES string of the molecule is COc1cnc(-n2ccc(CCn3cncn3)n2)c2[nH]cc(C(=O)C(=O)N3CCN(C(=O)c4ccccc4)C(C)C3)c12. The molecule has 1 unspecified atom stereocenters. The van der Waals surface area contributed by atoms with Gasteiger partial charge in [0.2, 0.25) is 0 Å². The maximum Gasteiger partial charge on any atom is 0.295 e. The number of fused-ring (bicyclic) bond motifs is 1. The fourth-order valence-electron chi connectivity index (χ4n) is 5.25. The van der Waals surface area contributed by atoms with Gasteiger partial charge in [0.25, 0.3) is 17.6 Å². The minimum Gasteiger partial charge on any atom is -0.494 e. The van der Waals surface area contributed by atoms with Gasteiger partial charge in [-0.2, -0.15) is 10.2 Å². The Kier molecular flexibility index (Phi) is 7.21. The van der Waals surface area contributed by atoms with Gasteiger partial charge in [-0.25, -0.2) is 14.6 Å². The Morgan fingerprint density at radius 1 is 1.12 bits per heavy atom. The molecule has 2 amide bonds. The molecular weight excluding hydrogens is 538 g/mol. The third kappa shape index (κ3) is 5.00. The first-order chi connectivity index (χ1) is 20.4. The average Bonchev–Trinajstić information content (AvgIpc) is 3.80. The van der Waals surface area contributed by atoms with E-state index in [1.165, 1.54) is 30.7 Å². The zero-order valence-electron chi connectivity index (χ0n) is 23.2. The third-order valence-corrected chi connectivity index (χ3v) is 7.43. The molecule has 13 heteroatoms.